The molecule has 2 amide bonds. The average Bonchev–Trinajstić information content (AvgIpc) is 3.22. The van der Waals surface area contributed by atoms with Crippen molar-refractivity contribution >= 4 is 17.8 Å². The summed E-state index contributed by atoms with van der Waals surface area (Å²) in [6.45, 7) is 9.72. The van der Waals surface area contributed by atoms with Crippen LogP contribution in [0.3, 0.4) is 0 Å². The lowest BCUT2D eigenvalue weighted by molar-refractivity contribution is -0.334. The number of rotatable bonds is 7. The van der Waals surface area contributed by atoms with E-state index >= 15 is 0 Å². The van der Waals surface area contributed by atoms with Gasteiger partial charge in [0.15, 0.2) is 11.9 Å². The number of amides is 2. The summed E-state index contributed by atoms with van der Waals surface area (Å²) in [5, 5.41) is 16.6. The summed E-state index contributed by atoms with van der Waals surface area (Å²) < 4.78 is 23.1. The first-order chi connectivity index (χ1) is 18.3. The Kier molecular flexibility index (Phi) is 11.0. The second-order valence-electron chi connectivity index (χ2n) is 12.6. The summed E-state index contributed by atoms with van der Waals surface area (Å²) in [6.07, 6.45) is 5.96. The molecule has 0 aromatic carbocycles. The molecule has 39 heavy (non-hydrogen) atoms. The van der Waals surface area contributed by atoms with Crippen LogP contribution in [0, 0.1) is 11.3 Å². The first-order valence-electron chi connectivity index (χ1n) is 14.3. The largest absolute Gasteiger partial charge is 0.460 e. The molecule has 1 aliphatic carbocycles. The Morgan fingerprint density at radius 1 is 1.10 bits per heavy atom. The number of aliphatic hydroxyl groups excluding tert-OH is 1. The molecule has 222 valence electrons. The van der Waals surface area contributed by atoms with E-state index in [2.05, 4.69) is 10.6 Å². The van der Waals surface area contributed by atoms with Gasteiger partial charge in [0.2, 0.25) is 5.91 Å². The second kappa shape index (κ2) is 13.6. The van der Waals surface area contributed by atoms with E-state index in [9.17, 15) is 19.5 Å². The monoisotopic (exact) mass is 552 g/mol. The normalized spacial score (nSPS) is 31.6. The van der Waals surface area contributed by atoms with Crippen molar-refractivity contribution in [2.45, 2.75) is 128 Å². The van der Waals surface area contributed by atoms with Crippen molar-refractivity contribution in [3.8, 4) is 0 Å². The van der Waals surface area contributed by atoms with Gasteiger partial charge in [-0.1, -0.05) is 58.6 Å². The molecule has 2 aliphatic heterocycles. The molecule has 3 fully saturated rings. The Hall–Kier alpha value is -2.01. The van der Waals surface area contributed by atoms with Gasteiger partial charge in [-0.3, -0.25) is 14.4 Å². The molecular weight excluding hydrogens is 504 g/mol. The van der Waals surface area contributed by atoms with E-state index in [1.807, 2.05) is 26.8 Å². The highest BCUT2D eigenvalue weighted by molar-refractivity contribution is 5.90. The third kappa shape index (κ3) is 9.27. The summed E-state index contributed by atoms with van der Waals surface area (Å²) in [6, 6.07) is -0.835. The molecule has 0 spiro atoms. The van der Waals surface area contributed by atoms with Gasteiger partial charge in [-0.05, 0) is 44.9 Å². The van der Waals surface area contributed by atoms with E-state index in [4.69, 9.17) is 18.9 Å². The zero-order chi connectivity index (χ0) is 28.8. The van der Waals surface area contributed by atoms with Crippen LogP contribution in [0.2, 0.25) is 0 Å². The van der Waals surface area contributed by atoms with Crippen LogP contribution in [0.25, 0.3) is 0 Å². The smallest absolute Gasteiger partial charge is 0.309 e. The molecule has 10 nitrogen and oxygen atoms in total. The molecule has 3 N–H and O–H groups in total. The number of hydrogen-bond donors (Lipinski definition) is 3. The number of aliphatic hydroxyl groups is 1. The zero-order valence-electron chi connectivity index (χ0n) is 24.4. The maximum Gasteiger partial charge on any atom is 0.309 e. The highest BCUT2D eigenvalue weighted by Gasteiger charge is 2.48. The lowest BCUT2D eigenvalue weighted by Crippen LogP contribution is -2.62. The Bertz CT molecular complexity index is 875. The van der Waals surface area contributed by atoms with Crippen LogP contribution in [0.1, 0.15) is 86.0 Å². The number of esters is 1. The molecule has 0 aromatic heterocycles. The summed E-state index contributed by atoms with van der Waals surface area (Å²) in [5.74, 6) is -2.29. The summed E-state index contributed by atoms with van der Waals surface area (Å²) in [7, 11) is 1.36. The molecule has 1 saturated carbocycles. The average molecular weight is 553 g/mol. The van der Waals surface area contributed by atoms with Crippen molar-refractivity contribution in [3.63, 3.8) is 0 Å². The van der Waals surface area contributed by atoms with E-state index < -0.39 is 48.3 Å². The summed E-state index contributed by atoms with van der Waals surface area (Å²) in [5.41, 5.74) is -0.131. The second-order valence-corrected chi connectivity index (χ2v) is 12.6. The first-order valence-corrected chi connectivity index (χ1v) is 14.3. The number of methoxy groups -OCH3 is 1. The fourth-order valence-electron chi connectivity index (χ4n) is 5.37. The lowest BCUT2D eigenvalue weighted by Gasteiger charge is -2.45. The molecule has 0 aromatic rings. The number of carbonyl (C=O) groups excluding carboxylic acids is 3. The van der Waals surface area contributed by atoms with E-state index in [0.29, 0.717) is 12.8 Å². The van der Waals surface area contributed by atoms with Crippen molar-refractivity contribution in [2.24, 2.45) is 11.3 Å². The van der Waals surface area contributed by atoms with Gasteiger partial charge in [0.25, 0.3) is 5.91 Å². The molecule has 2 heterocycles. The molecule has 0 bridgehead atoms. The minimum Gasteiger partial charge on any atom is -0.460 e. The third-order valence-electron chi connectivity index (χ3n) is 7.50. The Morgan fingerprint density at radius 3 is 2.38 bits per heavy atom. The van der Waals surface area contributed by atoms with Gasteiger partial charge in [-0.2, -0.15) is 0 Å². The van der Waals surface area contributed by atoms with Crippen LogP contribution in [0.4, 0.5) is 0 Å². The molecule has 10 heteroatoms. The van der Waals surface area contributed by atoms with Crippen LogP contribution < -0.4 is 10.6 Å². The van der Waals surface area contributed by atoms with Crippen LogP contribution >= 0.6 is 0 Å². The van der Waals surface area contributed by atoms with Gasteiger partial charge in [0.1, 0.15) is 30.5 Å². The number of ether oxygens (including phenoxy) is 4. The molecule has 3 rings (SSSR count). The molecule has 6 atom stereocenters. The highest BCUT2D eigenvalue weighted by atomic mass is 16.7. The van der Waals surface area contributed by atoms with E-state index in [-0.39, 0.29) is 29.8 Å². The van der Waals surface area contributed by atoms with Gasteiger partial charge in [-0.25, -0.2) is 0 Å². The predicted octanol–water partition coefficient (Wildman–Crippen LogP) is 2.76. The zero-order valence-corrected chi connectivity index (χ0v) is 24.4. The van der Waals surface area contributed by atoms with E-state index in [0.717, 1.165) is 38.5 Å². The Balaban J connectivity index is 1.62. The fraction of sp³-hybridized carbons (Fsp3) is 0.828. The molecule has 0 unspecified atom stereocenters. The van der Waals surface area contributed by atoms with Crippen LogP contribution in [-0.2, 0) is 33.3 Å². The minimum absolute atomic E-state index is 0.0818. The summed E-state index contributed by atoms with van der Waals surface area (Å²) in [4.78, 5) is 38.8. The van der Waals surface area contributed by atoms with Crippen LogP contribution in [0.5, 0.6) is 0 Å². The molecule has 2 saturated heterocycles. The van der Waals surface area contributed by atoms with E-state index in [1.165, 1.54) is 7.11 Å². The molecular formula is C29H48N2O8. The van der Waals surface area contributed by atoms with Crippen molar-refractivity contribution in [2.75, 3.05) is 13.7 Å². The number of hydrogen-bond acceptors (Lipinski definition) is 8. The van der Waals surface area contributed by atoms with Crippen molar-refractivity contribution in [3.05, 3.63) is 12.2 Å². The SMILES string of the molecule is CO[C@@H](C(=O)N[C@H]1CC[C@@H](OC(=O)C2CCCCCC2)CNC1=O)[C@@H]1OC(C)(C)O[C@H](/C=C/C(C)(C)C)[C@@H]1O. The number of nitrogens with one attached hydrogen (secondary N) is 2. The van der Waals surface area contributed by atoms with Gasteiger partial charge >= 0.3 is 5.97 Å². The number of carbonyl (C=O) groups is 3. The maximum atomic E-state index is 13.3. The highest BCUT2D eigenvalue weighted by Crippen LogP contribution is 2.31. The molecule has 3 aliphatic rings. The minimum atomic E-state index is -1.19. The molecule has 0 radical (unpaired) electrons. The standard InChI is InChI=1S/C29H48N2O8/c1-28(2,3)16-15-21-22(32)23(39-29(4,5)38-21)24(36-6)26(34)31-20-14-13-19(17-30-25(20)33)37-27(35)18-11-9-7-8-10-12-18/h15-16,18-24,32H,7-14,17H2,1-6H3,(H,30,33)(H,31,34)/b16-15+/t19-,20+,21-,22+,23-,24-/m1/s1. The van der Waals surface area contributed by atoms with Crippen LogP contribution in [0.15, 0.2) is 12.2 Å². The number of allylic oxidation sites excluding steroid dienone is 1. The van der Waals surface area contributed by atoms with Gasteiger partial charge in [0, 0.05) is 7.11 Å². The van der Waals surface area contributed by atoms with Crippen molar-refractivity contribution < 1.29 is 38.4 Å². The van der Waals surface area contributed by atoms with Crippen molar-refractivity contribution in [1.82, 2.24) is 10.6 Å². The van der Waals surface area contributed by atoms with Gasteiger partial charge in [0.05, 0.1) is 12.5 Å². The first kappa shape index (κ1) is 31.5. The quantitative estimate of drug-likeness (QED) is 0.250. The van der Waals surface area contributed by atoms with Crippen molar-refractivity contribution in [1.29, 1.82) is 0 Å². The van der Waals surface area contributed by atoms with Gasteiger partial charge < -0.3 is 34.7 Å². The van der Waals surface area contributed by atoms with Gasteiger partial charge in [-0.15, -0.1) is 0 Å². The summed E-state index contributed by atoms with van der Waals surface area (Å²) >= 11 is 0. The Morgan fingerprint density at radius 2 is 1.77 bits per heavy atom. The third-order valence-corrected chi connectivity index (χ3v) is 7.50. The topological polar surface area (TPSA) is 132 Å². The Labute approximate surface area is 232 Å². The lowest BCUT2D eigenvalue weighted by atomic mass is 9.93. The van der Waals surface area contributed by atoms with E-state index in [1.54, 1.807) is 19.9 Å². The fourth-order valence-corrected chi connectivity index (χ4v) is 5.37. The maximum absolute atomic E-state index is 13.3. The predicted molar refractivity (Wildman–Crippen MR) is 144 cm³/mol. The van der Waals surface area contributed by atoms with Crippen LogP contribution in [-0.4, -0.2) is 78.9 Å².